The number of hydrogen-bond acceptors (Lipinski definition) is 2. The Morgan fingerprint density at radius 2 is 1.89 bits per heavy atom. The van der Waals surface area contributed by atoms with E-state index in [1.807, 2.05) is 13.8 Å². The van der Waals surface area contributed by atoms with Gasteiger partial charge in [-0.1, -0.05) is 15.9 Å². The van der Waals surface area contributed by atoms with E-state index in [2.05, 4.69) is 15.9 Å². The monoisotopic (exact) mass is 324 g/mol. The van der Waals surface area contributed by atoms with E-state index in [9.17, 15) is 9.18 Å². The fourth-order valence-corrected chi connectivity index (χ4v) is 2.70. The summed E-state index contributed by atoms with van der Waals surface area (Å²) in [4.78, 5) is 12.3. The molecule has 0 saturated carbocycles. The maximum absolute atomic E-state index is 13.3. The zero-order chi connectivity index (χ0) is 14.2. The van der Waals surface area contributed by atoms with E-state index < -0.39 is 0 Å². The molecule has 0 amide bonds. The molecule has 2 rings (SSSR count). The largest absolute Gasteiger partial charge is 0.466 e. The molecule has 4 heteroatoms. The first-order chi connectivity index (χ1) is 8.88. The first-order valence-corrected chi connectivity index (χ1v) is 6.72. The molecule has 0 fully saturated rings. The first kappa shape index (κ1) is 14.0. The Balaban J connectivity index is 2.30. The highest BCUT2D eigenvalue weighted by molar-refractivity contribution is 9.10. The molecule has 0 N–H and O–H groups in total. The van der Waals surface area contributed by atoms with E-state index in [0.717, 1.165) is 11.3 Å². The predicted octanol–water partition coefficient (Wildman–Crippen LogP) is 4.53. The molecule has 1 aromatic heterocycles. The lowest BCUT2D eigenvalue weighted by Crippen LogP contribution is -2.06. The molecular formula is C15H14BrFO2. The van der Waals surface area contributed by atoms with Gasteiger partial charge in [-0.05, 0) is 44.5 Å². The third-order valence-corrected chi connectivity index (χ3v) is 3.59. The maximum atomic E-state index is 13.3. The van der Waals surface area contributed by atoms with Crippen molar-refractivity contribution in [3.8, 4) is 0 Å². The SMILES string of the molecule is Cc1oc(C)c(C(=O)Cc2cc(F)cc(Br)c2)c1C. The van der Waals surface area contributed by atoms with E-state index in [1.54, 1.807) is 13.0 Å². The van der Waals surface area contributed by atoms with Crippen LogP contribution in [0.1, 0.15) is 33.0 Å². The lowest BCUT2D eigenvalue weighted by Gasteiger charge is -2.03. The summed E-state index contributed by atoms with van der Waals surface area (Å²) in [5, 5.41) is 0. The first-order valence-electron chi connectivity index (χ1n) is 5.93. The van der Waals surface area contributed by atoms with Crippen molar-refractivity contribution < 1.29 is 13.6 Å². The molecule has 2 nitrogen and oxygen atoms in total. The van der Waals surface area contributed by atoms with Crippen molar-refractivity contribution in [2.75, 3.05) is 0 Å². The molecule has 0 aliphatic heterocycles. The normalized spacial score (nSPS) is 10.8. The molecular weight excluding hydrogens is 311 g/mol. The van der Waals surface area contributed by atoms with Crippen LogP contribution < -0.4 is 0 Å². The molecule has 1 heterocycles. The minimum absolute atomic E-state index is 0.0515. The second-order valence-electron chi connectivity index (χ2n) is 4.59. The van der Waals surface area contributed by atoms with Gasteiger partial charge in [-0.15, -0.1) is 0 Å². The predicted molar refractivity (Wildman–Crippen MR) is 75.1 cm³/mol. The molecule has 0 unspecified atom stereocenters. The summed E-state index contributed by atoms with van der Waals surface area (Å²) < 4.78 is 19.4. The van der Waals surface area contributed by atoms with Crippen molar-refractivity contribution in [1.29, 1.82) is 0 Å². The topological polar surface area (TPSA) is 30.2 Å². The van der Waals surface area contributed by atoms with Gasteiger partial charge in [0.05, 0.1) is 5.56 Å². The van der Waals surface area contributed by atoms with Gasteiger partial charge in [-0.3, -0.25) is 4.79 Å². The third-order valence-electron chi connectivity index (χ3n) is 3.13. The van der Waals surface area contributed by atoms with Gasteiger partial charge >= 0.3 is 0 Å². The number of halogens is 2. The van der Waals surface area contributed by atoms with E-state index in [-0.39, 0.29) is 18.0 Å². The van der Waals surface area contributed by atoms with E-state index in [1.165, 1.54) is 12.1 Å². The fourth-order valence-electron chi connectivity index (χ4n) is 2.19. The number of Topliss-reactive ketones (excluding diaryl/α,β-unsaturated/α-hetero) is 1. The van der Waals surface area contributed by atoms with Crippen molar-refractivity contribution in [2.24, 2.45) is 0 Å². The smallest absolute Gasteiger partial charge is 0.171 e. The van der Waals surface area contributed by atoms with Gasteiger partial charge in [-0.25, -0.2) is 4.39 Å². The highest BCUT2D eigenvalue weighted by atomic mass is 79.9. The van der Waals surface area contributed by atoms with Crippen LogP contribution in [0.25, 0.3) is 0 Å². The van der Waals surface area contributed by atoms with Gasteiger partial charge < -0.3 is 4.42 Å². The average molecular weight is 325 g/mol. The molecule has 100 valence electrons. The second-order valence-corrected chi connectivity index (χ2v) is 5.51. The maximum Gasteiger partial charge on any atom is 0.171 e. The summed E-state index contributed by atoms with van der Waals surface area (Å²) in [7, 11) is 0. The quantitative estimate of drug-likeness (QED) is 0.776. The molecule has 0 bridgehead atoms. The highest BCUT2D eigenvalue weighted by Crippen LogP contribution is 2.23. The van der Waals surface area contributed by atoms with Crippen LogP contribution in [0.2, 0.25) is 0 Å². The van der Waals surface area contributed by atoms with Gasteiger partial charge in [0, 0.05) is 16.5 Å². The van der Waals surface area contributed by atoms with Gasteiger partial charge in [0.1, 0.15) is 17.3 Å². The Morgan fingerprint density at radius 3 is 2.42 bits per heavy atom. The van der Waals surface area contributed by atoms with Crippen LogP contribution in [0.5, 0.6) is 0 Å². The minimum atomic E-state index is -0.353. The van der Waals surface area contributed by atoms with Gasteiger partial charge in [0.25, 0.3) is 0 Å². The standard InChI is InChI=1S/C15H14BrFO2/c1-8-9(2)19-10(3)15(8)14(18)6-11-4-12(16)7-13(17)5-11/h4-5,7H,6H2,1-3H3. The van der Waals surface area contributed by atoms with E-state index >= 15 is 0 Å². The Kier molecular flexibility index (Phi) is 3.90. The molecule has 0 aliphatic carbocycles. The summed E-state index contributed by atoms with van der Waals surface area (Å²) in [6.45, 7) is 5.47. The molecule has 0 atom stereocenters. The summed E-state index contributed by atoms with van der Waals surface area (Å²) in [6.07, 6.45) is 0.164. The summed E-state index contributed by atoms with van der Waals surface area (Å²) in [6, 6.07) is 4.49. The van der Waals surface area contributed by atoms with Crippen LogP contribution in [0.3, 0.4) is 0 Å². The average Bonchev–Trinajstić information content (AvgIpc) is 2.51. The summed E-state index contributed by atoms with van der Waals surface area (Å²) in [5.41, 5.74) is 2.12. The van der Waals surface area contributed by atoms with Crippen LogP contribution >= 0.6 is 15.9 Å². The zero-order valence-electron chi connectivity index (χ0n) is 11.0. The fraction of sp³-hybridized carbons (Fsp3) is 0.267. The van der Waals surface area contributed by atoms with Crippen LogP contribution in [0.15, 0.2) is 27.1 Å². The Labute approximate surface area is 119 Å². The number of benzene rings is 1. The minimum Gasteiger partial charge on any atom is -0.466 e. The number of furan rings is 1. The summed E-state index contributed by atoms with van der Waals surface area (Å²) in [5.74, 6) is 0.968. The lowest BCUT2D eigenvalue weighted by atomic mass is 10.00. The van der Waals surface area contributed by atoms with Crippen LogP contribution in [-0.2, 0) is 6.42 Å². The van der Waals surface area contributed by atoms with Crippen molar-refractivity contribution >= 4 is 21.7 Å². The van der Waals surface area contributed by atoms with Crippen molar-refractivity contribution in [2.45, 2.75) is 27.2 Å². The summed E-state index contributed by atoms with van der Waals surface area (Å²) >= 11 is 3.22. The van der Waals surface area contributed by atoms with Crippen molar-refractivity contribution in [3.05, 3.63) is 56.7 Å². The third kappa shape index (κ3) is 2.95. The van der Waals surface area contributed by atoms with Crippen molar-refractivity contribution in [3.63, 3.8) is 0 Å². The number of ketones is 1. The van der Waals surface area contributed by atoms with Crippen LogP contribution in [0, 0.1) is 26.6 Å². The second kappa shape index (κ2) is 5.29. The Morgan fingerprint density at radius 1 is 1.21 bits per heavy atom. The van der Waals surface area contributed by atoms with Gasteiger partial charge in [-0.2, -0.15) is 0 Å². The number of carbonyl (C=O) groups excluding carboxylic acids is 1. The molecule has 19 heavy (non-hydrogen) atoms. The number of aryl methyl sites for hydroxylation is 2. The Hall–Kier alpha value is -1.42. The number of hydrogen-bond donors (Lipinski definition) is 0. The van der Waals surface area contributed by atoms with Crippen molar-refractivity contribution in [1.82, 2.24) is 0 Å². The van der Waals surface area contributed by atoms with E-state index in [0.29, 0.717) is 21.4 Å². The number of carbonyl (C=O) groups is 1. The van der Waals surface area contributed by atoms with Crippen LogP contribution in [-0.4, -0.2) is 5.78 Å². The number of rotatable bonds is 3. The molecule has 0 radical (unpaired) electrons. The van der Waals surface area contributed by atoms with Crippen LogP contribution in [0.4, 0.5) is 4.39 Å². The van der Waals surface area contributed by atoms with E-state index in [4.69, 9.17) is 4.42 Å². The zero-order valence-corrected chi connectivity index (χ0v) is 12.6. The Bertz CT molecular complexity index is 624. The highest BCUT2D eigenvalue weighted by Gasteiger charge is 2.18. The molecule has 0 aliphatic rings. The molecule has 0 saturated heterocycles. The van der Waals surface area contributed by atoms with Gasteiger partial charge in [0.15, 0.2) is 5.78 Å². The van der Waals surface area contributed by atoms with Gasteiger partial charge in [0.2, 0.25) is 0 Å². The molecule has 1 aromatic carbocycles. The molecule has 0 spiro atoms. The molecule has 2 aromatic rings. The lowest BCUT2D eigenvalue weighted by molar-refractivity contribution is 0.0991.